The van der Waals surface area contributed by atoms with Gasteiger partial charge in [0.15, 0.2) is 6.29 Å². The number of hydrogen-bond donors (Lipinski definition) is 1. The first kappa shape index (κ1) is 22.6. The van der Waals surface area contributed by atoms with Gasteiger partial charge >= 0.3 is 0 Å². The third-order valence-corrected chi connectivity index (χ3v) is 9.51. The van der Waals surface area contributed by atoms with Crippen molar-refractivity contribution in [1.82, 2.24) is 14.9 Å². The van der Waals surface area contributed by atoms with Gasteiger partial charge in [-0.3, -0.25) is 15.3 Å². The molecule has 1 N–H and O–H groups in total. The van der Waals surface area contributed by atoms with Gasteiger partial charge in [0.25, 0.3) is 0 Å². The largest absolute Gasteiger partial charge is 0.353 e. The summed E-state index contributed by atoms with van der Waals surface area (Å²) in [5.41, 5.74) is 8.84. The summed E-state index contributed by atoms with van der Waals surface area (Å²) in [5.74, 6) is 0.642. The van der Waals surface area contributed by atoms with Gasteiger partial charge in [-0.2, -0.15) is 0 Å². The first-order valence-electron chi connectivity index (χ1n) is 12.4. The van der Waals surface area contributed by atoms with E-state index in [9.17, 15) is 0 Å². The summed E-state index contributed by atoms with van der Waals surface area (Å²) in [7, 11) is 0. The van der Waals surface area contributed by atoms with Crippen LogP contribution in [0.5, 0.6) is 0 Å². The lowest BCUT2D eigenvalue weighted by molar-refractivity contribution is -0.164. The van der Waals surface area contributed by atoms with Gasteiger partial charge < -0.3 is 9.47 Å². The molecule has 6 rings (SSSR count). The summed E-state index contributed by atoms with van der Waals surface area (Å²) in [5, 5.41) is 2.65. The molecule has 5 heterocycles. The van der Waals surface area contributed by atoms with Crippen LogP contribution in [0.15, 0.2) is 58.7 Å². The third kappa shape index (κ3) is 4.66. The second-order valence-corrected chi connectivity index (χ2v) is 11.5. The van der Waals surface area contributed by atoms with Crippen LogP contribution in [0.2, 0.25) is 0 Å². The van der Waals surface area contributed by atoms with Gasteiger partial charge in [0.1, 0.15) is 0 Å². The minimum absolute atomic E-state index is 0.00912. The number of hydrogen-bond acceptors (Lipinski definition) is 8. The Labute approximate surface area is 209 Å². The highest BCUT2D eigenvalue weighted by atomic mass is 32.2. The van der Waals surface area contributed by atoms with Crippen LogP contribution in [0.25, 0.3) is 10.2 Å². The molecule has 0 amide bonds. The van der Waals surface area contributed by atoms with Gasteiger partial charge in [-0.25, -0.2) is 4.98 Å². The number of allylic oxidation sites excluding steroid dienone is 2. The number of anilines is 1. The number of thioether (sulfide) groups is 1. The van der Waals surface area contributed by atoms with Gasteiger partial charge in [-0.1, -0.05) is 0 Å². The molecule has 2 fully saturated rings. The molecular formula is C26H32N4O2S2. The molecule has 1 aromatic heterocycles. The number of aromatic nitrogens is 1. The number of nitrogens with zero attached hydrogens (tertiary/aromatic N) is 3. The average molecular weight is 497 g/mol. The monoisotopic (exact) mass is 496 g/mol. The van der Waals surface area contributed by atoms with Crippen molar-refractivity contribution < 1.29 is 9.47 Å². The van der Waals surface area contributed by atoms with Crippen molar-refractivity contribution in [2.45, 2.75) is 50.2 Å². The molecule has 8 heteroatoms. The molecule has 0 spiro atoms. The zero-order valence-electron chi connectivity index (χ0n) is 19.6. The summed E-state index contributed by atoms with van der Waals surface area (Å²) in [6.07, 6.45) is 13.6. The number of nitrogens with one attached hydrogen (secondary N) is 1. The van der Waals surface area contributed by atoms with Crippen molar-refractivity contribution in [2.24, 2.45) is 5.92 Å². The van der Waals surface area contributed by atoms with Crippen LogP contribution < -0.4 is 5.43 Å². The summed E-state index contributed by atoms with van der Waals surface area (Å²) in [6, 6.07) is 6.94. The smallest absolute Gasteiger partial charge is 0.157 e. The topological polar surface area (TPSA) is 49.9 Å². The molecule has 0 aliphatic carbocycles. The van der Waals surface area contributed by atoms with E-state index in [1.165, 1.54) is 34.6 Å². The van der Waals surface area contributed by atoms with Gasteiger partial charge in [-0.15, -0.1) is 23.1 Å². The standard InChI is InChI=1S/C26H32N4O2S2/c1-18-20(9-11-29(18)12-14-32-26-6-2-3-13-31-26)25-16-22-24(34-25)5-4-10-30(22)28-19-7-8-23-21(15-19)27-17-33-23/h4-5,7-8,10,15-18,20,25-26,28H,2-3,6,9,11-14H2,1H3. The number of likely N-dealkylation sites (tertiary alicyclic amines) is 1. The lowest BCUT2D eigenvalue weighted by Gasteiger charge is -2.28. The minimum Gasteiger partial charge on any atom is -0.353 e. The quantitative estimate of drug-likeness (QED) is 0.536. The van der Waals surface area contributed by atoms with E-state index < -0.39 is 0 Å². The molecule has 2 aromatic rings. The predicted octanol–water partition coefficient (Wildman–Crippen LogP) is 5.59. The van der Waals surface area contributed by atoms with Crippen molar-refractivity contribution in [3.05, 3.63) is 58.7 Å². The van der Waals surface area contributed by atoms with E-state index in [0.29, 0.717) is 17.2 Å². The molecule has 4 aliphatic heterocycles. The molecular weight excluding hydrogens is 464 g/mol. The summed E-state index contributed by atoms with van der Waals surface area (Å²) < 4.78 is 12.9. The summed E-state index contributed by atoms with van der Waals surface area (Å²) >= 11 is 3.69. The maximum absolute atomic E-state index is 6.01. The molecule has 0 saturated carbocycles. The SMILES string of the molecule is CC1C(C2C=C3C(=CC=CN3Nc3ccc4scnc4c3)S2)CCN1CCOC1CCCCO1. The van der Waals surface area contributed by atoms with Crippen LogP contribution in [0.1, 0.15) is 32.6 Å². The molecule has 4 aliphatic rings. The fourth-order valence-corrected chi connectivity index (χ4v) is 7.53. The normalized spacial score (nSPS) is 29.4. The molecule has 1 aromatic carbocycles. The zero-order chi connectivity index (χ0) is 22.9. The summed E-state index contributed by atoms with van der Waals surface area (Å²) in [6.45, 7) is 6.13. The van der Waals surface area contributed by atoms with Gasteiger partial charge in [-0.05, 0) is 81.5 Å². The van der Waals surface area contributed by atoms with Crippen LogP contribution in [0.3, 0.4) is 0 Å². The van der Waals surface area contributed by atoms with Crippen molar-refractivity contribution in [2.75, 3.05) is 31.7 Å². The van der Waals surface area contributed by atoms with Crippen LogP contribution in [-0.4, -0.2) is 58.8 Å². The summed E-state index contributed by atoms with van der Waals surface area (Å²) in [4.78, 5) is 8.40. The lowest BCUT2D eigenvalue weighted by atomic mass is 9.96. The van der Waals surface area contributed by atoms with Gasteiger partial charge in [0.05, 0.1) is 33.7 Å². The molecule has 34 heavy (non-hydrogen) atoms. The Kier molecular flexibility index (Phi) is 6.67. The second-order valence-electron chi connectivity index (χ2n) is 9.42. The van der Waals surface area contributed by atoms with E-state index in [0.717, 1.165) is 43.9 Å². The first-order chi connectivity index (χ1) is 16.7. The van der Waals surface area contributed by atoms with E-state index in [2.05, 4.69) is 69.9 Å². The van der Waals surface area contributed by atoms with E-state index in [1.54, 1.807) is 11.3 Å². The van der Waals surface area contributed by atoms with E-state index in [1.807, 2.05) is 17.3 Å². The number of ether oxygens (including phenoxy) is 2. The molecule has 4 unspecified atom stereocenters. The van der Waals surface area contributed by atoms with Crippen molar-refractivity contribution in [3.63, 3.8) is 0 Å². The fourth-order valence-electron chi connectivity index (χ4n) is 5.40. The maximum Gasteiger partial charge on any atom is 0.157 e. The van der Waals surface area contributed by atoms with Crippen LogP contribution >= 0.6 is 23.1 Å². The van der Waals surface area contributed by atoms with E-state index in [4.69, 9.17) is 9.47 Å². The fraction of sp³-hybridized carbons (Fsp3) is 0.500. The Morgan fingerprint density at radius 2 is 2.24 bits per heavy atom. The molecule has 0 radical (unpaired) electrons. The Morgan fingerprint density at radius 3 is 3.15 bits per heavy atom. The second kappa shape index (κ2) is 10.0. The van der Waals surface area contributed by atoms with Gasteiger partial charge in [0.2, 0.25) is 0 Å². The molecule has 2 saturated heterocycles. The Bertz CT molecular complexity index is 1110. The Balaban J connectivity index is 1.08. The number of benzene rings is 1. The van der Waals surface area contributed by atoms with Crippen molar-refractivity contribution in [3.8, 4) is 0 Å². The number of hydrazine groups is 1. The average Bonchev–Trinajstić information content (AvgIpc) is 3.58. The molecule has 180 valence electrons. The lowest BCUT2D eigenvalue weighted by Crippen LogP contribution is -2.36. The van der Waals surface area contributed by atoms with Crippen LogP contribution in [0.4, 0.5) is 5.69 Å². The van der Waals surface area contributed by atoms with Crippen molar-refractivity contribution >= 4 is 39.0 Å². The third-order valence-electron chi connectivity index (χ3n) is 7.35. The molecule has 0 bridgehead atoms. The van der Waals surface area contributed by atoms with Crippen LogP contribution in [0, 0.1) is 5.92 Å². The Hall–Kier alpha value is -1.84. The number of fused-ring (bicyclic) bond motifs is 2. The minimum atomic E-state index is 0.00912. The first-order valence-corrected chi connectivity index (χ1v) is 14.1. The highest BCUT2D eigenvalue weighted by molar-refractivity contribution is 8.04. The van der Waals surface area contributed by atoms with E-state index >= 15 is 0 Å². The van der Waals surface area contributed by atoms with E-state index in [-0.39, 0.29) is 6.29 Å². The Morgan fingerprint density at radius 1 is 1.26 bits per heavy atom. The number of thiazole rings is 1. The molecule has 4 atom stereocenters. The maximum atomic E-state index is 6.01. The zero-order valence-corrected chi connectivity index (χ0v) is 21.2. The highest BCUT2D eigenvalue weighted by Gasteiger charge is 2.39. The number of rotatable bonds is 7. The molecule has 6 nitrogen and oxygen atoms in total. The predicted molar refractivity (Wildman–Crippen MR) is 140 cm³/mol. The highest BCUT2D eigenvalue weighted by Crippen LogP contribution is 2.46. The van der Waals surface area contributed by atoms with Gasteiger partial charge in [0, 0.05) is 35.5 Å². The van der Waals surface area contributed by atoms with Crippen molar-refractivity contribution in [1.29, 1.82) is 0 Å². The van der Waals surface area contributed by atoms with Crippen LogP contribution in [-0.2, 0) is 9.47 Å².